The van der Waals surface area contributed by atoms with Crippen molar-refractivity contribution in [3.05, 3.63) is 103 Å². The molecule has 0 saturated carbocycles. The van der Waals surface area contributed by atoms with Crippen LogP contribution in [0.3, 0.4) is 0 Å². The number of aromatic amines is 1. The van der Waals surface area contributed by atoms with Crippen molar-refractivity contribution in [2.75, 3.05) is 0 Å². The predicted octanol–water partition coefficient (Wildman–Crippen LogP) is 2.89. The van der Waals surface area contributed by atoms with Gasteiger partial charge in [0.05, 0.1) is 17.5 Å². The smallest absolute Gasteiger partial charge is 0.292 e. The Morgan fingerprint density at radius 3 is 2.60 bits per heavy atom. The van der Waals surface area contributed by atoms with E-state index in [1.165, 1.54) is 13.1 Å². The van der Waals surface area contributed by atoms with Gasteiger partial charge in [0.15, 0.2) is 5.69 Å². The standard InChI is InChI=1S/C26H22N6O3/c1-4-17-6-8-20(9-7-17)32-26(35)21(13-27)16(3)23(31-32)25(34)30-28-14-19-12-18-11-15(2)5-10-22(18)29-24(19)33/h5-12,14H,4H2,1-3H3,(H,29,33)(H,30,34)/b28-14+. The van der Waals surface area contributed by atoms with Gasteiger partial charge in [-0.25, -0.2) is 5.43 Å². The highest BCUT2D eigenvalue weighted by molar-refractivity contribution is 5.95. The number of carbonyl (C=O) groups is 1. The lowest BCUT2D eigenvalue weighted by molar-refractivity contribution is 0.0947. The summed E-state index contributed by atoms with van der Waals surface area (Å²) in [5.41, 5.74) is 4.68. The Morgan fingerprint density at radius 1 is 1.17 bits per heavy atom. The van der Waals surface area contributed by atoms with Crippen LogP contribution in [0.2, 0.25) is 0 Å². The molecule has 0 aliphatic heterocycles. The number of fused-ring (bicyclic) bond motifs is 1. The van der Waals surface area contributed by atoms with Crippen molar-refractivity contribution in [3.63, 3.8) is 0 Å². The number of H-pyrrole nitrogens is 1. The van der Waals surface area contributed by atoms with Gasteiger partial charge in [-0.15, -0.1) is 0 Å². The van der Waals surface area contributed by atoms with Gasteiger partial charge in [0, 0.05) is 11.1 Å². The van der Waals surface area contributed by atoms with Crippen LogP contribution in [0.1, 0.15) is 45.2 Å². The summed E-state index contributed by atoms with van der Waals surface area (Å²) in [4.78, 5) is 40.8. The van der Waals surface area contributed by atoms with E-state index in [2.05, 4.69) is 20.6 Å². The zero-order valence-corrected chi connectivity index (χ0v) is 19.4. The number of nitrogens with one attached hydrogen (secondary N) is 2. The molecule has 0 atom stereocenters. The first kappa shape index (κ1) is 23.3. The van der Waals surface area contributed by atoms with Gasteiger partial charge in [-0.3, -0.25) is 14.4 Å². The number of nitrogens with zero attached hydrogens (tertiary/aromatic N) is 4. The molecule has 2 aromatic heterocycles. The van der Waals surface area contributed by atoms with Crippen molar-refractivity contribution in [1.29, 1.82) is 5.26 Å². The quantitative estimate of drug-likeness (QED) is 0.345. The maximum atomic E-state index is 12.9. The van der Waals surface area contributed by atoms with Crippen LogP contribution in [-0.2, 0) is 6.42 Å². The van der Waals surface area contributed by atoms with E-state index in [1.807, 2.05) is 50.2 Å². The van der Waals surface area contributed by atoms with Crippen LogP contribution in [0.15, 0.2) is 63.2 Å². The van der Waals surface area contributed by atoms with Gasteiger partial charge in [0.1, 0.15) is 11.6 Å². The highest BCUT2D eigenvalue weighted by atomic mass is 16.2. The fourth-order valence-electron chi connectivity index (χ4n) is 3.65. The SMILES string of the molecule is CCc1ccc(-n2nc(C(=O)N/N=C/c3cc4cc(C)ccc4[nH]c3=O)c(C)c(C#N)c2=O)cc1. The van der Waals surface area contributed by atoms with E-state index in [1.54, 1.807) is 18.2 Å². The molecule has 2 heterocycles. The first-order valence-electron chi connectivity index (χ1n) is 10.9. The van der Waals surface area contributed by atoms with Gasteiger partial charge in [-0.1, -0.05) is 30.7 Å². The van der Waals surface area contributed by atoms with Gasteiger partial charge < -0.3 is 4.98 Å². The molecule has 2 aromatic carbocycles. The van der Waals surface area contributed by atoms with Crippen molar-refractivity contribution in [2.45, 2.75) is 27.2 Å². The molecule has 0 bridgehead atoms. The van der Waals surface area contributed by atoms with Crippen molar-refractivity contribution in [1.82, 2.24) is 20.2 Å². The van der Waals surface area contributed by atoms with E-state index in [-0.39, 0.29) is 27.9 Å². The molecule has 0 aliphatic rings. The summed E-state index contributed by atoms with van der Waals surface area (Å²) >= 11 is 0. The second-order valence-corrected chi connectivity index (χ2v) is 8.04. The van der Waals surface area contributed by atoms with E-state index < -0.39 is 11.5 Å². The number of benzene rings is 2. The zero-order valence-electron chi connectivity index (χ0n) is 19.4. The minimum atomic E-state index is -0.720. The molecule has 9 nitrogen and oxygen atoms in total. The lowest BCUT2D eigenvalue weighted by Crippen LogP contribution is -2.31. The van der Waals surface area contributed by atoms with Crippen molar-refractivity contribution in [3.8, 4) is 11.8 Å². The largest absolute Gasteiger partial charge is 0.321 e. The fourth-order valence-corrected chi connectivity index (χ4v) is 3.65. The molecular weight excluding hydrogens is 444 g/mol. The molecule has 4 rings (SSSR count). The lowest BCUT2D eigenvalue weighted by atomic mass is 10.1. The van der Waals surface area contributed by atoms with Crippen LogP contribution in [0, 0.1) is 25.2 Å². The molecule has 0 unspecified atom stereocenters. The van der Waals surface area contributed by atoms with Gasteiger partial charge in [-0.05, 0) is 61.5 Å². The van der Waals surface area contributed by atoms with Gasteiger partial charge in [0.2, 0.25) is 0 Å². The van der Waals surface area contributed by atoms with E-state index in [0.717, 1.165) is 27.6 Å². The second-order valence-electron chi connectivity index (χ2n) is 8.04. The number of amides is 1. The Labute approximate surface area is 200 Å². The first-order chi connectivity index (χ1) is 16.8. The molecule has 0 saturated heterocycles. The van der Waals surface area contributed by atoms with Gasteiger partial charge >= 0.3 is 0 Å². The number of rotatable bonds is 5. The second kappa shape index (κ2) is 9.57. The Balaban J connectivity index is 1.66. The minimum absolute atomic E-state index is 0.124. The highest BCUT2D eigenvalue weighted by Gasteiger charge is 2.20. The summed E-state index contributed by atoms with van der Waals surface area (Å²) in [6.07, 6.45) is 2.06. The normalized spacial score (nSPS) is 11.0. The number of pyridine rings is 1. The summed E-state index contributed by atoms with van der Waals surface area (Å²) in [7, 11) is 0. The monoisotopic (exact) mass is 466 g/mol. The third kappa shape index (κ3) is 4.63. The first-order valence-corrected chi connectivity index (χ1v) is 10.9. The summed E-state index contributed by atoms with van der Waals surface area (Å²) in [6.45, 7) is 5.43. The third-order valence-corrected chi connectivity index (χ3v) is 5.65. The molecule has 35 heavy (non-hydrogen) atoms. The highest BCUT2D eigenvalue weighted by Crippen LogP contribution is 2.13. The number of hydrogen-bond donors (Lipinski definition) is 2. The van der Waals surface area contributed by atoms with Crippen molar-refractivity contribution in [2.24, 2.45) is 5.10 Å². The summed E-state index contributed by atoms with van der Waals surface area (Å²) in [6, 6.07) is 16.3. The molecule has 0 aliphatic carbocycles. The topological polar surface area (TPSA) is 133 Å². The van der Waals surface area contributed by atoms with E-state index in [0.29, 0.717) is 11.2 Å². The van der Waals surface area contributed by atoms with Crippen LogP contribution in [0.25, 0.3) is 16.6 Å². The Bertz CT molecular complexity index is 1640. The molecule has 174 valence electrons. The van der Waals surface area contributed by atoms with Crippen LogP contribution < -0.4 is 16.5 Å². The average Bonchev–Trinajstić information content (AvgIpc) is 2.85. The molecule has 0 fully saturated rings. The molecule has 2 N–H and O–H groups in total. The number of carbonyl (C=O) groups excluding carboxylic acids is 1. The number of aryl methyl sites for hydroxylation is 2. The number of aromatic nitrogens is 3. The maximum absolute atomic E-state index is 12.9. The molecule has 1 amide bonds. The van der Waals surface area contributed by atoms with Crippen LogP contribution in [0.4, 0.5) is 0 Å². The van der Waals surface area contributed by atoms with E-state index in [4.69, 9.17) is 0 Å². The average molecular weight is 467 g/mol. The molecular formula is C26H22N6O3. The van der Waals surface area contributed by atoms with Crippen LogP contribution >= 0.6 is 0 Å². The summed E-state index contributed by atoms with van der Waals surface area (Å²) in [5, 5.41) is 18.5. The molecule has 4 aromatic rings. The summed E-state index contributed by atoms with van der Waals surface area (Å²) < 4.78 is 1.03. The molecule has 0 spiro atoms. The fraction of sp³-hybridized carbons (Fsp3) is 0.154. The predicted molar refractivity (Wildman–Crippen MR) is 133 cm³/mol. The number of hydrazone groups is 1. The number of hydrogen-bond acceptors (Lipinski definition) is 6. The minimum Gasteiger partial charge on any atom is -0.321 e. The van der Waals surface area contributed by atoms with Crippen molar-refractivity contribution < 1.29 is 4.79 Å². The Kier molecular flexibility index (Phi) is 6.38. The molecule has 9 heteroatoms. The maximum Gasteiger partial charge on any atom is 0.292 e. The molecule has 0 radical (unpaired) electrons. The Morgan fingerprint density at radius 2 is 1.91 bits per heavy atom. The lowest BCUT2D eigenvalue weighted by Gasteiger charge is -2.11. The van der Waals surface area contributed by atoms with E-state index >= 15 is 0 Å². The van der Waals surface area contributed by atoms with Crippen LogP contribution in [-0.4, -0.2) is 26.9 Å². The summed E-state index contributed by atoms with van der Waals surface area (Å²) in [5.74, 6) is -0.720. The third-order valence-electron chi connectivity index (χ3n) is 5.65. The van der Waals surface area contributed by atoms with Gasteiger partial charge in [0.25, 0.3) is 17.0 Å². The van der Waals surface area contributed by atoms with Crippen LogP contribution in [0.5, 0.6) is 0 Å². The Hall–Kier alpha value is -4.84. The zero-order chi connectivity index (χ0) is 25.1. The van der Waals surface area contributed by atoms with E-state index in [9.17, 15) is 19.6 Å². The number of nitriles is 1. The van der Waals surface area contributed by atoms with Crippen molar-refractivity contribution >= 4 is 23.0 Å². The van der Waals surface area contributed by atoms with Gasteiger partial charge in [-0.2, -0.15) is 20.1 Å².